The van der Waals surface area contributed by atoms with Gasteiger partial charge < -0.3 is 48.8 Å². The highest BCUT2D eigenvalue weighted by atomic mass is 35.5. The first-order valence-electron chi connectivity index (χ1n) is 33.5. The van der Waals surface area contributed by atoms with E-state index in [9.17, 15) is 54.7 Å². The molecule has 0 radical (unpaired) electrons. The van der Waals surface area contributed by atoms with Gasteiger partial charge in [0.2, 0.25) is 11.8 Å². The van der Waals surface area contributed by atoms with Crippen molar-refractivity contribution in [3.63, 3.8) is 0 Å². The van der Waals surface area contributed by atoms with Crippen molar-refractivity contribution in [2.24, 2.45) is 0 Å². The number of nitrogens with one attached hydrogen (secondary N) is 3. The number of halogens is 10. The number of unbranched alkanes of at least 4 members (excludes halogenated alkanes) is 2. The van der Waals surface area contributed by atoms with E-state index in [0.717, 1.165) is 91.0 Å². The summed E-state index contributed by atoms with van der Waals surface area (Å²) < 4.78 is 121. The number of carbonyl (C=O) groups excluding carboxylic acids is 5. The summed E-state index contributed by atoms with van der Waals surface area (Å²) in [6.07, 6.45) is -4.70. The number of likely N-dealkylation sites (tertiary alicyclic amines) is 2. The van der Waals surface area contributed by atoms with Crippen LogP contribution in [-0.2, 0) is 64.9 Å². The Balaban J connectivity index is 0.00000477. The molecular formula is C74H88Cl3F7N8O9. The first kappa shape index (κ1) is 80.8. The maximum atomic E-state index is 14.2. The largest absolute Gasteiger partial charge is 0.449 e. The van der Waals surface area contributed by atoms with E-state index in [4.69, 9.17) is 18.9 Å². The average molecular weight is 1470 g/mol. The second-order valence-corrected chi connectivity index (χ2v) is 25.9. The summed E-state index contributed by atoms with van der Waals surface area (Å²) in [4.78, 5) is 74.7. The van der Waals surface area contributed by atoms with Gasteiger partial charge in [0, 0.05) is 88.6 Å². The van der Waals surface area contributed by atoms with Gasteiger partial charge in [-0.2, -0.15) is 26.3 Å². The van der Waals surface area contributed by atoms with Gasteiger partial charge >= 0.3 is 24.5 Å². The van der Waals surface area contributed by atoms with E-state index < -0.39 is 70.7 Å². The maximum absolute atomic E-state index is 14.2. The van der Waals surface area contributed by atoms with Crippen LogP contribution in [0.5, 0.6) is 0 Å². The molecule has 2 atom stereocenters. The van der Waals surface area contributed by atoms with Crippen LogP contribution >= 0.6 is 37.2 Å². The number of likely N-dealkylation sites (N-methyl/N-ethyl adjacent to an activating group) is 2. The number of piperidine rings is 2. The van der Waals surface area contributed by atoms with Crippen molar-refractivity contribution in [3.8, 4) is 11.1 Å². The van der Waals surface area contributed by atoms with Crippen LogP contribution < -0.4 is 16.0 Å². The third-order valence-electron chi connectivity index (χ3n) is 19.3. The van der Waals surface area contributed by atoms with Gasteiger partial charge in [-0.3, -0.25) is 25.0 Å². The molecule has 4 aliphatic rings. The monoisotopic (exact) mass is 1470 g/mol. The van der Waals surface area contributed by atoms with Crippen molar-refractivity contribution in [2.45, 2.75) is 113 Å². The molecule has 3 aliphatic heterocycles. The van der Waals surface area contributed by atoms with E-state index in [0.29, 0.717) is 100 Å². The van der Waals surface area contributed by atoms with Crippen molar-refractivity contribution < 1.29 is 73.7 Å². The van der Waals surface area contributed by atoms with Crippen molar-refractivity contribution in [2.75, 3.05) is 110 Å². The Labute approximate surface area is 603 Å². The molecule has 3 saturated heterocycles. The van der Waals surface area contributed by atoms with E-state index in [2.05, 4.69) is 37.9 Å². The number of amides is 5. The number of benzene rings is 6. The average Bonchev–Trinajstić information content (AvgIpc) is 1.61. The van der Waals surface area contributed by atoms with Gasteiger partial charge in [0.1, 0.15) is 30.9 Å². The first-order chi connectivity index (χ1) is 47.0. The van der Waals surface area contributed by atoms with E-state index in [1.807, 2.05) is 85.9 Å². The fraction of sp³-hybridized carbons (Fsp3) is 0.446. The number of hydrogen-bond acceptors (Lipinski definition) is 12. The summed E-state index contributed by atoms with van der Waals surface area (Å²) in [7, 11) is 3.52. The molecule has 6 aromatic rings. The highest BCUT2D eigenvalue weighted by Crippen LogP contribution is 2.48. The molecule has 10 rings (SSSR count). The molecule has 3 N–H and O–H groups in total. The van der Waals surface area contributed by atoms with Crippen molar-refractivity contribution >= 4 is 78.5 Å². The molecule has 0 bridgehead atoms. The lowest BCUT2D eigenvalue weighted by atomic mass is 9.72. The number of hydrogen-bond donors (Lipinski definition) is 3. The summed E-state index contributed by atoms with van der Waals surface area (Å²) in [6.45, 7) is 5.58. The molecule has 0 unspecified atom stereocenters. The smallest absolute Gasteiger partial charge is 0.416 e. The molecule has 3 heterocycles. The number of anilines is 2. The van der Waals surface area contributed by atoms with Crippen LogP contribution in [0.1, 0.15) is 108 Å². The molecule has 17 nitrogen and oxygen atoms in total. The number of rotatable bonds is 27. The van der Waals surface area contributed by atoms with E-state index in [1.54, 1.807) is 29.0 Å². The fourth-order valence-electron chi connectivity index (χ4n) is 13.6. The van der Waals surface area contributed by atoms with Crippen LogP contribution in [0, 0.1) is 5.82 Å². The van der Waals surface area contributed by atoms with Gasteiger partial charge in [-0.25, -0.2) is 14.0 Å². The number of carbonyl (C=O) groups is 5. The topological polar surface area (TPSA) is 175 Å². The molecule has 0 aromatic heterocycles. The Morgan fingerprint density at radius 2 is 1.31 bits per heavy atom. The minimum Gasteiger partial charge on any atom is -0.449 e. The lowest BCUT2D eigenvalue weighted by molar-refractivity contribution is -0.143. The molecule has 5 amide bonds. The number of para-hydroxylation sites is 1. The zero-order chi connectivity index (χ0) is 69.5. The summed E-state index contributed by atoms with van der Waals surface area (Å²) in [6, 6.07) is 39.3. The number of nitrogens with zero attached hydrogens (tertiary/aromatic N) is 5. The van der Waals surface area contributed by atoms with Crippen molar-refractivity contribution in [3.05, 3.63) is 190 Å². The fourth-order valence-corrected chi connectivity index (χ4v) is 13.6. The zero-order valence-corrected chi connectivity index (χ0v) is 58.9. The van der Waals surface area contributed by atoms with Gasteiger partial charge in [0.15, 0.2) is 0 Å². The van der Waals surface area contributed by atoms with Gasteiger partial charge in [-0.15, -0.1) is 37.2 Å². The minimum absolute atomic E-state index is 0. The summed E-state index contributed by atoms with van der Waals surface area (Å²) in [5.74, 6) is -1.72. The lowest BCUT2D eigenvalue weighted by Crippen LogP contribution is -2.50. The number of fused-ring (bicyclic) bond motifs is 2. The Morgan fingerprint density at radius 1 is 0.663 bits per heavy atom. The van der Waals surface area contributed by atoms with Gasteiger partial charge in [0.05, 0.1) is 36.1 Å². The van der Waals surface area contributed by atoms with E-state index in [1.165, 1.54) is 24.3 Å². The van der Waals surface area contributed by atoms with Crippen LogP contribution in [0.2, 0.25) is 0 Å². The third kappa shape index (κ3) is 21.8. The van der Waals surface area contributed by atoms with Crippen LogP contribution in [0.25, 0.3) is 11.1 Å². The lowest BCUT2D eigenvalue weighted by Gasteiger charge is -2.44. The molecule has 548 valence electrons. The molecule has 1 aliphatic carbocycles. The number of alkyl halides is 6. The Morgan fingerprint density at radius 3 is 2.00 bits per heavy atom. The van der Waals surface area contributed by atoms with Gasteiger partial charge in [0.25, 0.3) is 5.91 Å². The highest BCUT2D eigenvalue weighted by Gasteiger charge is 2.50. The first-order valence-corrected chi connectivity index (χ1v) is 33.5. The van der Waals surface area contributed by atoms with Crippen LogP contribution in [0.15, 0.2) is 146 Å². The Bertz CT molecular complexity index is 3650. The third-order valence-corrected chi connectivity index (χ3v) is 19.3. The van der Waals surface area contributed by atoms with Crippen LogP contribution in [-0.4, -0.2) is 166 Å². The Kier molecular flexibility index (Phi) is 29.6. The number of ether oxygens (including phenoxy) is 4. The second kappa shape index (κ2) is 37.1. The molecular weight excluding hydrogens is 1380 g/mol. The van der Waals surface area contributed by atoms with Gasteiger partial charge in [-0.1, -0.05) is 103 Å². The molecule has 3 fully saturated rings. The van der Waals surface area contributed by atoms with E-state index >= 15 is 0 Å². The predicted octanol–water partition coefficient (Wildman–Crippen LogP) is 14.4. The normalized spacial score (nSPS) is 17.6. The summed E-state index contributed by atoms with van der Waals surface area (Å²) >= 11 is 0. The highest BCUT2D eigenvalue weighted by molar-refractivity contribution is 5.95. The van der Waals surface area contributed by atoms with E-state index in [-0.39, 0.29) is 93.5 Å². The summed E-state index contributed by atoms with van der Waals surface area (Å²) in [5.41, 5.74) is 1.33. The van der Waals surface area contributed by atoms with Crippen LogP contribution in [0.4, 0.5) is 51.7 Å². The molecule has 6 aromatic carbocycles. The molecule has 1 spiro atoms. The SMILES string of the molecule is CN(CCN1CCC(OC(=O)Nc2ccccc2-c2ccccc2)CC1)C(=O)CCCCCNCc1ccc(NC(=O)OCCCN(C)C(=O)CO[C@H]2Cc3ccccc3C23CCN(CC[C@@]2(c4ccc(F)cc4)CN(C(=O)c4cc(C(F)(F)F)cc(C(F)(F)F)c4)CO2)CC3)cc1.Cl.Cl.Cl. The van der Waals surface area contributed by atoms with Crippen molar-refractivity contribution in [1.82, 2.24) is 29.8 Å². The molecule has 101 heavy (non-hydrogen) atoms. The molecule has 27 heteroatoms. The maximum Gasteiger partial charge on any atom is 0.416 e. The van der Waals surface area contributed by atoms with Crippen molar-refractivity contribution in [1.29, 1.82) is 0 Å². The van der Waals surface area contributed by atoms with Gasteiger partial charge in [-0.05, 0) is 154 Å². The summed E-state index contributed by atoms with van der Waals surface area (Å²) in [5, 5.41) is 9.13. The zero-order valence-electron chi connectivity index (χ0n) is 56.5. The standard InChI is InChI=1S/C74H85F7N8O9.3ClH/c1-85(35-13-43-95-69(93)83-60-27-21-52(22-28-60)48-82-34-12-4-7-20-66(90)86(2)41-42-87-36-29-61(30-37-87)98-70(94)84-64-19-11-9-17-62(64)53-14-5-3-6-15-53)67(91)49-96-65-46-54-16-8-10-18-63(54)71(65)31-38-88(39-32-71)40-33-72(56-23-25-59(75)26-24-56)50-89(51-97-72)68(92)55-44-57(73(76,77)78)47-58(45-55)74(79,80)81;;;/h3,5-6,8-11,14-19,21-28,44-45,47,61,65,82H,4,7,12-13,20,29-43,46,48-51H2,1-2H3,(H,83,93)(H,84,94);3*1H/t65-,72-;;;/m0.../s1. The predicted molar refractivity (Wildman–Crippen MR) is 378 cm³/mol. The minimum atomic E-state index is -5.15. The van der Waals surface area contributed by atoms with Crippen LogP contribution in [0.3, 0.4) is 0 Å². The molecule has 0 saturated carbocycles. The second-order valence-electron chi connectivity index (χ2n) is 25.9. The Hall–Kier alpha value is -7.55. The quantitative estimate of drug-likeness (QED) is 0.0329.